The second-order valence-corrected chi connectivity index (χ2v) is 3.58. The number of hydrogen-bond donors (Lipinski definition) is 0. The van der Waals surface area contributed by atoms with Crippen LogP contribution in [0.5, 0.6) is 0 Å². The Kier molecular flexibility index (Phi) is 6.56. The highest BCUT2D eigenvalue weighted by molar-refractivity contribution is 5.60. The third-order valence-corrected chi connectivity index (χ3v) is 2.13. The highest BCUT2D eigenvalue weighted by Crippen LogP contribution is 2.00. The summed E-state index contributed by atoms with van der Waals surface area (Å²) in [5.74, 6) is 0. The van der Waals surface area contributed by atoms with Crippen LogP contribution in [0, 0.1) is 0 Å². The molecule has 0 radical (unpaired) electrons. The third-order valence-electron chi connectivity index (χ3n) is 2.13. The molecule has 0 aliphatic carbocycles. The van der Waals surface area contributed by atoms with Gasteiger partial charge in [-0.1, -0.05) is 49.8 Å². The van der Waals surface area contributed by atoms with Crippen LogP contribution in [0.25, 0.3) is 6.08 Å². The van der Waals surface area contributed by atoms with Crippen LogP contribution in [-0.4, -0.2) is 19.4 Å². The molecule has 1 rings (SSSR count). The van der Waals surface area contributed by atoms with E-state index in [1.807, 2.05) is 43.3 Å². The minimum Gasteiger partial charge on any atom is -0.434 e. The van der Waals surface area contributed by atoms with Gasteiger partial charge in [-0.25, -0.2) is 4.79 Å². The molecule has 3 nitrogen and oxygen atoms in total. The average molecular weight is 234 g/mol. The number of hydrogen-bond acceptors (Lipinski definition) is 3. The van der Waals surface area contributed by atoms with Crippen molar-refractivity contribution in [3.05, 3.63) is 42.0 Å². The zero-order valence-corrected chi connectivity index (χ0v) is 10.1. The molecule has 3 heteroatoms. The van der Waals surface area contributed by atoms with Crippen LogP contribution in [0.2, 0.25) is 0 Å². The molecule has 0 aromatic heterocycles. The Balaban J connectivity index is 2.15. The lowest BCUT2D eigenvalue weighted by Gasteiger charge is -2.02. The highest BCUT2D eigenvalue weighted by Gasteiger charge is 2.00. The molecule has 0 saturated carbocycles. The van der Waals surface area contributed by atoms with E-state index in [0.717, 1.165) is 18.4 Å². The lowest BCUT2D eigenvalue weighted by molar-refractivity contribution is 0.0624. The highest BCUT2D eigenvalue weighted by atomic mass is 16.7. The number of carbonyl (C=O) groups excluding carboxylic acids is 1. The van der Waals surface area contributed by atoms with Crippen molar-refractivity contribution in [2.75, 3.05) is 13.2 Å². The molecule has 0 aliphatic rings. The van der Waals surface area contributed by atoms with Crippen LogP contribution in [0.4, 0.5) is 4.79 Å². The molecular formula is C14H18O3. The molecule has 1 aromatic carbocycles. The summed E-state index contributed by atoms with van der Waals surface area (Å²) in [6, 6.07) is 9.84. The molecule has 0 aliphatic heterocycles. The van der Waals surface area contributed by atoms with Crippen molar-refractivity contribution < 1.29 is 14.3 Å². The van der Waals surface area contributed by atoms with E-state index < -0.39 is 6.16 Å². The molecule has 0 fully saturated rings. The second-order valence-electron chi connectivity index (χ2n) is 3.58. The van der Waals surface area contributed by atoms with E-state index in [0.29, 0.717) is 6.61 Å². The van der Waals surface area contributed by atoms with E-state index in [9.17, 15) is 4.79 Å². The van der Waals surface area contributed by atoms with Gasteiger partial charge in [0.05, 0.1) is 6.61 Å². The summed E-state index contributed by atoms with van der Waals surface area (Å²) in [5.41, 5.74) is 1.08. The number of benzene rings is 1. The topological polar surface area (TPSA) is 35.5 Å². The van der Waals surface area contributed by atoms with E-state index >= 15 is 0 Å². The van der Waals surface area contributed by atoms with Gasteiger partial charge < -0.3 is 9.47 Å². The summed E-state index contributed by atoms with van der Waals surface area (Å²) in [6.45, 7) is 2.70. The van der Waals surface area contributed by atoms with Gasteiger partial charge in [-0.05, 0) is 18.1 Å². The van der Waals surface area contributed by atoms with Crippen molar-refractivity contribution >= 4 is 12.2 Å². The zero-order valence-electron chi connectivity index (χ0n) is 10.1. The van der Waals surface area contributed by atoms with E-state index in [-0.39, 0.29) is 6.61 Å². The molecule has 0 atom stereocenters. The summed E-state index contributed by atoms with van der Waals surface area (Å²) in [6.07, 6.45) is 4.96. The predicted molar refractivity (Wildman–Crippen MR) is 67.7 cm³/mol. The van der Waals surface area contributed by atoms with Gasteiger partial charge in [0.25, 0.3) is 0 Å². The van der Waals surface area contributed by atoms with Crippen molar-refractivity contribution in [2.24, 2.45) is 0 Å². The van der Waals surface area contributed by atoms with Crippen LogP contribution in [0.3, 0.4) is 0 Å². The van der Waals surface area contributed by atoms with Crippen LogP contribution >= 0.6 is 0 Å². The monoisotopic (exact) mass is 234 g/mol. The van der Waals surface area contributed by atoms with Gasteiger partial charge in [-0.2, -0.15) is 0 Å². The fraction of sp³-hybridized carbons (Fsp3) is 0.357. The number of rotatable bonds is 6. The maximum atomic E-state index is 11.1. The molecule has 0 heterocycles. The van der Waals surface area contributed by atoms with Crippen molar-refractivity contribution in [3.8, 4) is 0 Å². The lowest BCUT2D eigenvalue weighted by atomic mass is 10.2. The summed E-state index contributed by atoms with van der Waals surface area (Å²) in [4.78, 5) is 11.1. The first-order valence-corrected chi connectivity index (χ1v) is 5.84. The van der Waals surface area contributed by atoms with E-state index in [1.165, 1.54) is 0 Å². The molecule has 0 N–H and O–H groups in total. The minimum absolute atomic E-state index is 0.236. The normalized spacial score (nSPS) is 10.4. The molecule has 0 spiro atoms. The van der Waals surface area contributed by atoms with E-state index in [1.54, 1.807) is 6.08 Å². The summed E-state index contributed by atoms with van der Waals surface area (Å²) in [5, 5.41) is 0. The maximum absolute atomic E-state index is 11.1. The largest absolute Gasteiger partial charge is 0.508 e. The molecule has 0 saturated heterocycles. The quantitative estimate of drug-likeness (QED) is 0.556. The van der Waals surface area contributed by atoms with Crippen LogP contribution in [0.1, 0.15) is 25.3 Å². The molecule has 17 heavy (non-hydrogen) atoms. The van der Waals surface area contributed by atoms with Gasteiger partial charge in [-0.3, -0.25) is 0 Å². The molecule has 0 amide bonds. The standard InChI is InChI=1S/C14H18O3/c1-2-3-11-16-14(15)17-12-7-10-13-8-5-4-6-9-13/h4-10H,2-3,11-12H2,1H3. The average Bonchev–Trinajstić information content (AvgIpc) is 2.36. The molecule has 0 bridgehead atoms. The molecule has 92 valence electrons. The Labute approximate surface area is 102 Å². The van der Waals surface area contributed by atoms with E-state index in [4.69, 9.17) is 9.47 Å². The minimum atomic E-state index is -0.601. The third kappa shape index (κ3) is 6.40. The van der Waals surface area contributed by atoms with Crippen LogP contribution in [0.15, 0.2) is 36.4 Å². The zero-order chi connectivity index (χ0) is 12.3. The second kappa shape index (κ2) is 8.39. The van der Waals surface area contributed by atoms with Crippen molar-refractivity contribution in [1.29, 1.82) is 0 Å². The first kappa shape index (κ1) is 13.3. The van der Waals surface area contributed by atoms with Gasteiger partial charge in [0.1, 0.15) is 6.61 Å². The Morgan fingerprint density at radius 3 is 2.71 bits per heavy atom. The summed E-state index contributed by atoms with van der Waals surface area (Å²) < 4.78 is 9.70. The molecule has 0 unspecified atom stereocenters. The fourth-order valence-electron chi connectivity index (χ4n) is 1.21. The SMILES string of the molecule is CCCCOC(=O)OCC=Cc1ccccc1. The summed E-state index contributed by atoms with van der Waals surface area (Å²) in [7, 11) is 0. The maximum Gasteiger partial charge on any atom is 0.508 e. The van der Waals surface area contributed by atoms with E-state index in [2.05, 4.69) is 0 Å². The van der Waals surface area contributed by atoms with Crippen molar-refractivity contribution in [1.82, 2.24) is 0 Å². The Morgan fingerprint density at radius 1 is 1.24 bits per heavy atom. The molecule has 1 aromatic rings. The van der Waals surface area contributed by atoms with Crippen molar-refractivity contribution in [3.63, 3.8) is 0 Å². The Morgan fingerprint density at radius 2 is 2.00 bits per heavy atom. The smallest absolute Gasteiger partial charge is 0.434 e. The summed E-state index contributed by atoms with van der Waals surface area (Å²) >= 11 is 0. The number of unbranched alkanes of at least 4 members (excludes halogenated alkanes) is 1. The van der Waals surface area contributed by atoms with Gasteiger partial charge in [-0.15, -0.1) is 0 Å². The van der Waals surface area contributed by atoms with Gasteiger partial charge in [0.2, 0.25) is 0 Å². The van der Waals surface area contributed by atoms with Crippen LogP contribution in [-0.2, 0) is 9.47 Å². The fourth-order valence-corrected chi connectivity index (χ4v) is 1.21. The van der Waals surface area contributed by atoms with Gasteiger partial charge in [0.15, 0.2) is 0 Å². The first-order chi connectivity index (χ1) is 8.33. The first-order valence-electron chi connectivity index (χ1n) is 5.84. The number of ether oxygens (including phenoxy) is 2. The molecular weight excluding hydrogens is 216 g/mol. The van der Waals surface area contributed by atoms with Crippen molar-refractivity contribution in [2.45, 2.75) is 19.8 Å². The predicted octanol–water partition coefficient (Wildman–Crippen LogP) is 3.65. The Bertz CT molecular complexity index is 344. The number of carbonyl (C=O) groups is 1. The van der Waals surface area contributed by atoms with Gasteiger partial charge >= 0.3 is 6.16 Å². The lowest BCUT2D eigenvalue weighted by Crippen LogP contribution is -2.08. The van der Waals surface area contributed by atoms with Crippen LogP contribution < -0.4 is 0 Å². The Hall–Kier alpha value is -1.77. The van der Waals surface area contributed by atoms with Gasteiger partial charge in [0, 0.05) is 0 Å².